The number of hydrogen-bond acceptors (Lipinski definition) is 6. The molecule has 45 heavy (non-hydrogen) atoms. The highest BCUT2D eigenvalue weighted by molar-refractivity contribution is 5.65. The number of carbonyl (C=O) groups is 2. The van der Waals surface area contributed by atoms with Gasteiger partial charge in [0.2, 0.25) is 6.43 Å². The van der Waals surface area contributed by atoms with Crippen LogP contribution < -0.4 is 9.47 Å². The predicted octanol–water partition coefficient (Wildman–Crippen LogP) is 9.50. The first-order valence-corrected chi connectivity index (χ1v) is 13.0. The Morgan fingerprint density at radius 2 is 0.911 bits per heavy atom. The van der Waals surface area contributed by atoms with Crippen LogP contribution in [-0.4, -0.2) is 54.1 Å². The summed E-state index contributed by atoms with van der Waals surface area (Å²) >= 11 is 0. The molecule has 0 heterocycles. The smallest absolute Gasteiger partial charge is 0.428 e. The van der Waals surface area contributed by atoms with Crippen LogP contribution in [0, 0.1) is 5.92 Å². The Labute approximate surface area is 251 Å². The molecule has 252 valence electrons. The third-order valence-electron chi connectivity index (χ3n) is 5.82. The summed E-state index contributed by atoms with van der Waals surface area (Å²) in [4.78, 5) is 23.9. The van der Waals surface area contributed by atoms with E-state index in [-0.39, 0.29) is 11.5 Å². The lowest BCUT2D eigenvalue weighted by Crippen LogP contribution is -2.62. The number of alkyl halides is 10. The summed E-state index contributed by atoms with van der Waals surface area (Å²) in [5.74, 6) is -27.3. The summed E-state index contributed by atoms with van der Waals surface area (Å²) in [6.45, 7) is 9.02. The molecule has 1 unspecified atom stereocenters. The normalized spacial score (nSPS) is 14.0. The Hall–Kier alpha value is -3.72. The van der Waals surface area contributed by atoms with Gasteiger partial charge in [0.25, 0.3) is 0 Å². The molecular formula is C29H30F10O6. The first-order chi connectivity index (χ1) is 20.3. The van der Waals surface area contributed by atoms with E-state index in [9.17, 15) is 44.7 Å². The van der Waals surface area contributed by atoms with E-state index in [2.05, 4.69) is 0 Å². The van der Waals surface area contributed by atoms with E-state index in [1.54, 1.807) is 0 Å². The minimum Gasteiger partial charge on any atom is -0.428 e. The number of halogens is 10. The fourth-order valence-corrected chi connectivity index (χ4v) is 3.91. The molecule has 0 aliphatic heterocycles. The Morgan fingerprint density at radius 1 is 0.578 bits per heavy atom. The second-order valence-electron chi connectivity index (χ2n) is 11.7. The van der Waals surface area contributed by atoms with Gasteiger partial charge in [-0.15, -0.1) is 0 Å². The van der Waals surface area contributed by atoms with E-state index in [4.69, 9.17) is 18.9 Å². The monoisotopic (exact) mass is 664 g/mol. The summed E-state index contributed by atoms with van der Waals surface area (Å²) in [6.07, 6.45) is -12.3. The topological polar surface area (TPSA) is 71.1 Å². The van der Waals surface area contributed by atoms with Gasteiger partial charge in [-0.05, 0) is 76.9 Å². The summed E-state index contributed by atoms with van der Waals surface area (Å²) in [6, 6.07) is 6.73. The predicted molar refractivity (Wildman–Crippen MR) is 139 cm³/mol. The minimum atomic E-state index is -6.95. The summed E-state index contributed by atoms with van der Waals surface area (Å²) in [5.41, 5.74) is -3.23. The average molecular weight is 665 g/mol. The maximum atomic E-state index is 15.2. The van der Waals surface area contributed by atoms with Crippen LogP contribution in [0.4, 0.5) is 53.5 Å². The van der Waals surface area contributed by atoms with Crippen LogP contribution in [0.15, 0.2) is 48.5 Å². The SMILES string of the molecule is CC(C)(C)OC(=O)Oc1ccc(C(c2ccc(OC(=O)OC(C)(C)C)cc2)C(C(F)F)C(F)(F)C(F)(F)C(F)(F)C(F)F)cc1. The zero-order chi connectivity index (χ0) is 34.8. The number of benzene rings is 2. The van der Waals surface area contributed by atoms with Gasteiger partial charge < -0.3 is 18.9 Å². The van der Waals surface area contributed by atoms with Crippen molar-refractivity contribution < 1.29 is 72.4 Å². The van der Waals surface area contributed by atoms with Gasteiger partial charge in [-0.3, -0.25) is 0 Å². The molecule has 6 nitrogen and oxygen atoms in total. The van der Waals surface area contributed by atoms with E-state index in [0.717, 1.165) is 48.5 Å². The molecule has 2 aromatic carbocycles. The molecule has 16 heteroatoms. The zero-order valence-electron chi connectivity index (χ0n) is 24.7. The van der Waals surface area contributed by atoms with Crippen molar-refractivity contribution >= 4 is 12.3 Å². The second kappa shape index (κ2) is 13.3. The molecule has 0 aromatic heterocycles. The van der Waals surface area contributed by atoms with Crippen molar-refractivity contribution in [3.63, 3.8) is 0 Å². The number of rotatable bonds is 10. The Kier molecular flexibility index (Phi) is 11.1. The fraction of sp³-hybridized carbons (Fsp3) is 0.517. The molecule has 0 fully saturated rings. The molecule has 0 radical (unpaired) electrons. The van der Waals surface area contributed by atoms with Gasteiger partial charge in [0.05, 0.1) is 0 Å². The number of ether oxygens (including phenoxy) is 4. The molecule has 0 saturated carbocycles. The quantitative estimate of drug-likeness (QED) is 0.143. The number of carbonyl (C=O) groups excluding carboxylic acids is 2. The lowest BCUT2D eigenvalue weighted by Gasteiger charge is -2.40. The van der Waals surface area contributed by atoms with E-state index in [1.165, 1.54) is 41.5 Å². The minimum absolute atomic E-state index is 0.317. The van der Waals surface area contributed by atoms with E-state index in [0.29, 0.717) is 0 Å². The third kappa shape index (κ3) is 9.16. The van der Waals surface area contributed by atoms with Crippen LogP contribution in [0.3, 0.4) is 0 Å². The van der Waals surface area contributed by atoms with Gasteiger partial charge in [0.15, 0.2) is 0 Å². The van der Waals surface area contributed by atoms with Gasteiger partial charge >= 0.3 is 36.5 Å². The van der Waals surface area contributed by atoms with Crippen LogP contribution in [-0.2, 0) is 9.47 Å². The van der Waals surface area contributed by atoms with Crippen molar-refractivity contribution in [2.24, 2.45) is 5.92 Å². The van der Waals surface area contributed by atoms with Crippen LogP contribution in [0.25, 0.3) is 0 Å². The van der Waals surface area contributed by atoms with Crippen LogP contribution in [0.5, 0.6) is 11.5 Å². The summed E-state index contributed by atoms with van der Waals surface area (Å²) in [5, 5.41) is 0. The fourth-order valence-electron chi connectivity index (χ4n) is 3.91. The molecule has 0 aliphatic rings. The largest absolute Gasteiger partial charge is 0.514 e. The number of hydrogen-bond donors (Lipinski definition) is 0. The molecule has 0 aliphatic carbocycles. The Bertz CT molecular complexity index is 1230. The summed E-state index contributed by atoms with van der Waals surface area (Å²) < 4.78 is 161. The van der Waals surface area contributed by atoms with Gasteiger partial charge in [0, 0.05) is 5.92 Å². The van der Waals surface area contributed by atoms with E-state index < -0.39 is 77.1 Å². The Morgan fingerprint density at radius 3 is 1.18 bits per heavy atom. The lowest BCUT2D eigenvalue weighted by atomic mass is 9.75. The highest BCUT2D eigenvalue weighted by Crippen LogP contribution is 2.56. The van der Waals surface area contributed by atoms with Gasteiger partial charge in [-0.25, -0.2) is 27.2 Å². The van der Waals surface area contributed by atoms with Crippen molar-refractivity contribution in [1.82, 2.24) is 0 Å². The summed E-state index contributed by atoms with van der Waals surface area (Å²) in [7, 11) is 0. The molecule has 0 spiro atoms. The highest BCUT2D eigenvalue weighted by Gasteiger charge is 2.79. The zero-order valence-corrected chi connectivity index (χ0v) is 24.7. The van der Waals surface area contributed by atoms with Crippen LogP contribution >= 0.6 is 0 Å². The average Bonchev–Trinajstić information content (AvgIpc) is 2.85. The first-order valence-electron chi connectivity index (χ1n) is 13.0. The van der Waals surface area contributed by atoms with Crippen molar-refractivity contribution in [1.29, 1.82) is 0 Å². The molecule has 0 N–H and O–H groups in total. The van der Waals surface area contributed by atoms with Crippen molar-refractivity contribution in [3.8, 4) is 11.5 Å². The van der Waals surface area contributed by atoms with Gasteiger partial charge in [-0.1, -0.05) is 24.3 Å². The van der Waals surface area contributed by atoms with Gasteiger partial charge in [0.1, 0.15) is 28.6 Å². The molecule has 0 saturated heterocycles. The third-order valence-corrected chi connectivity index (χ3v) is 5.82. The molecule has 2 rings (SSSR count). The standard InChI is InChI=1S/C29H30F10O6/c1-25(2,3)44-23(40)42-17-11-7-15(8-12-17)19(16-9-13-18(14-10-16)43-24(41)45-26(4,5)6)20(21(30)31)27(34,35)29(38,39)28(36,37)22(32)33/h7-14,19-22H,1-6H3. The van der Waals surface area contributed by atoms with Crippen molar-refractivity contribution in [2.75, 3.05) is 0 Å². The Balaban J connectivity index is 2.65. The van der Waals surface area contributed by atoms with Gasteiger partial charge in [-0.2, -0.15) is 26.3 Å². The lowest BCUT2D eigenvalue weighted by molar-refractivity contribution is -0.358. The maximum Gasteiger partial charge on any atom is 0.514 e. The highest BCUT2D eigenvalue weighted by atomic mass is 19.4. The maximum absolute atomic E-state index is 15.2. The molecule has 0 bridgehead atoms. The van der Waals surface area contributed by atoms with Crippen LogP contribution in [0.2, 0.25) is 0 Å². The second-order valence-corrected chi connectivity index (χ2v) is 11.7. The van der Waals surface area contributed by atoms with E-state index >= 15 is 8.78 Å². The molecule has 0 amide bonds. The molecular weight excluding hydrogens is 634 g/mol. The first kappa shape index (κ1) is 37.5. The molecule has 2 aromatic rings. The van der Waals surface area contributed by atoms with E-state index in [1.807, 2.05) is 0 Å². The molecule has 1 atom stereocenters. The van der Waals surface area contributed by atoms with Crippen LogP contribution in [0.1, 0.15) is 58.6 Å². The van der Waals surface area contributed by atoms with Crippen molar-refractivity contribution in [2.45, 2.75) is 89.3 Å². The van der Waals surface area contributed by atoms with Crippen molar-refractivity contribution in [3.05, 3.63) is 59.7 Å².